The van der Waals surface area contributed by atoms with Crippen molar-refractivity contribution in [3.63, 3.8) is 0 Å². The monoisotopic (exact) mass is 221 g/mol. The Hall–Kier alpha value is -1.32. The Bertz CT molecular complexity index is 386. The lowest BCUT2D eigenvalue weighted by molar-refractivity contribution is 0.390. The molecule has 0 radical (unpaired) electrons. The van der Waals surface area contributed by atoms with Crippen molar-refractivity contribution in [2.75, 3.05) is 26.1 Å². The van der Waals surface area contributed by atoms with Crippen molar-refractivity contribution in [2.45, 2.75) is 32.1 Å². The first-order chi connectivity index (χ1) is 7.67. The maximum absolute atomic E-state index is 5.37. The van der Waals surface area contributed by atoms with Gasteiger partial charge in [-0.25, -0.2) is 4.98 Å². The van der Waals surface area contributed by atoms with Gasteiger partial charge in [0, 0.05) is 25.6 Å². The number of anilines is 1. The fourth-order valence-corrected chi connectivity index (χ4v) is 1.86. The Kier molecular flexibility index (Phi) is 2.99. The van der Waals surface area contributed by atoms with Gasteiger partial charge in [-0.05, 0) is 19.3 Å². The van der Waals surface area contributed by atoms with Crippen molar-refractivity contribution < 1.29 is 4.74 Å². The minimum atomic E-state index is 0.630. The van der Waals surface area contributed by atoms with E-state index in [0.29, 0.717) is 5.92 Å². The van der Waals surface area contributed by atoms with E-state index in [4.69, 9.17) is 4.74 Å². The van der Waals surface area contributed by atoms with Crippen LogP contribution < -0.4 is 9.64 Å². The predicted molar refractivity (Wildman–Crippen MR) is 64.3 cm³/mol. The molecule has 1 saturated carbocycles. The SMILES string of the molecule is CCc1c(OC)nc(N(C)C)nc1C1CC1. The highest BCUT2D eigenvalue weighted by Gasteiger charge is 2.30. The number of aromatic nitrogens is 2. The number of hydrogen-bond acceptors (Lipinski definition) is 4. The van der Waals surface area contributed by atoms with Crippen molar-refractivity contribution in [1.82, 2.24) is 9.97 Å². The van der Waals surface area contributed by atoms with Crippen LogP contribution in [0.15, 0.2) is 0 Å². The lowest BCUT2D eigenvalue weighted by Crippen LogP contribution is -2.15. The molecule has 88 valence electrons. The second-order valence-electron chi connectivity index (χ2n) is 4.42. The molecule has 2 rings (SSSR count). The predicted octanol–water partition coefficient (Wildman–Crippen LogP) is 1.99. The van der Waals surface area contributed by atoms with Crippen LogP contribution >= 0.6 is 0 Å². The van der Waals surface area contributed by atoms with Crippen LogP contribution in [0, 0.1) is 0 Å². The highest BCUT2D eigenvalue weighted by Crippen LogP contribution is 2.42. The van der Waals surface area contributed by atoms with Gasteiger partial charge in [0.2, 0.25) is 11.8 Å². The number of rotatable bonds is 4. The zero-order chi connectivity index (χ0) is 11.7. The first kappa shape index (κ1) is 11.2. The van der Waals surface area contributed by atoms with Crippen LogP contribution in [0.25, 0.3) is 0 Å². The minimum absolute atomic E-state index is 0.630. The summed E-state index contributed by atoms with van der Waals surface area (Å²) in [5, 5.41) is 0. The van der Waals surface area contributed by atoms with Crippen molar-refractivity contribution in [3.05, 3.63) is 11.3 Å². The Morgan fingerprint density at radius 1 is 1.31 bits per heavy atom. The van der Waals surface area contributed by atoms with Gasteiger partial charge < -0.3 is 9.64 Å². The quantitative estimate of drug-likeness (QED) is 0.779. The molecule has 1 aliphatic carbocycles. The fraction of sp³-hybridized carbons (Fsp3) is 0.667. The van der Waals surface area contributed by atoms with Gasteiger partial charge in [-0.1, -0.05) is 6.92 Å². The topological polar surface area (TPSA) is 38.2 Å². The smallest absolute Gasteiger partial charge is 0.228 e. The normalized spacial score (nSPS) is 15.0. The molecule has 1 heterocycles. The van der Waals surface area contributed by atoms with Gasteiger partial charge in [0.15, 0.2) is 0 Å². The van der Waals surface area contributed by atoms with Gasteiger partial charge in [-0.2, -0.15) is 4.98 Å². The molecule has 0 amide bonds. The van der Waals surface area contributed by atoms with Gasteiger partial charge >= 0.3 is 0 Å². The first-order valence-electron chi connectivity index (χ1n) is 5.79. The maximum atomic E-state index is 5.37. The molecule has 1 aromatic heterocycles. The largest absolute Gasteiger partial charge is 0.481 e. The summed E-state index contributed by atoms with van der Waals surface area (Å²) in [6.45, 7) is 2.13. The van der Waals surface area contributed by atoms with Crippen LogP contribution in [0.5, 0.6) is 5.88 Å². The summed E-state index contributed by atoms with van der Waals surface area (Å²) in [5.74, 6) is 2.12. The summed E-state index contributed by atoms with van der Waals surface area (Å²) < 4.78 is 5.37. The van der Waals surface area contributed by atoms with Crippen LogP contribution in [0.4, 0.5) is 5.95 Å². The van der Waals surface area contributed by atoms with Crippen molar-refractivity contribution in [1.29, 1.82) is 0 Å². The second kappa shape index (κ2) is 4.28. The molecular formula is C12H19N3O. The van der Waals surface area contributed by atoms with Crippen molar-refractivity contribution in [3.8, 4) is 5.88 Å². The average molecular weight is 221 g/mol. The standard InChI is InChI=1S/C12H19N3O/c1-5-9-10(8-6-7-8)13-12(15(2)3)14-11(9)16-4/h8H,5-7H2,1-4H3. The zero-order valence-corrected chi connectivity index (χ0v) is 10.4. The molecule has 1 fully saturated rings. The average Bonchev–Trinajstić information content (AvgIpc) is 3.10. The third-order valence-corrected chi connectivity index (χ3v) is 2.90. The van der Waals surface area contributed by atoms with E-state index in [1.165, 1.54) is 24.1 Å². The molecule has 16 heavy (non-hydrogen) atoms. The van der Waals surface area contributed by atoms with E-state index in [2.05, 4.69) is 16.9 Å². The molecule has 0 bridgehead atoms. The van der Waals surface area contributed by atoms with E-state index in [-0.39, 0.29) is 0 Å². The third kappa shape index (κ3) is 1.96. The summed E-state index contributed by atoms with van der Waals surface area (Å²) in [6, 6.07) is 0. The van der Waals surface area contributed by atoms with Gasteiger partial charge in [0.05, 0.1) is 12.8 Å². The molecule has 0 aliphatic heterocycles. The molecule has 0 aromatic carbocycles. The molecule has 1 aliphatic rings. The Labute approximate surface area is 96.7 Å². The highest BCUT2D eigenvalue weighted by atomic mass is 16.5. The van der Waals surface area contributed by atoms with Crippen LogP contribution in [-0.2, 0) is 6.42 Å². The molecule has 0 saturated heterocycles. The second-order valence-corrected chi connectivity index (χ2v) is 4.42. The van der Waals surface area contributed by atoms with Crippen LogP contribution in [0.1, 0.15) is 36.9 Å². The summed E-state index contributed by atoms with van der Waals surface area (Å²) in [6.07, 6.45) is 3.43. The summed E-state index contributed by atoms with van der Waals surface area (Å²) in [5.41, 5.74) is 2.37. The van der Waals surface area contributed by atoms with Crippen LogP contribution in [-0.4, -0.2) is 31.2 Å². The van der Waals surface area contributed by atoms with E-state index in [1.54, 1.807) is 7.11 Å². The van der Waals surface area contributed by atoms with E-state index in [9.17, 15) is 0 Å². The third-order valence-electron chi connectivity index (χ3n) is 2.90. The highest BCUT2D eigenvalue weighted by molar-refractivity contribution is 5.42. The zero-order valence-electron chi connectivity index (χ0n) is 10.4. The van der Waals surface area contributed by atoms with Gasteiger partial charge in [0.25, 0.3) is 0 Å². The molecule has 4 nitrogen and oxygen atoms in total. The van der Waals surface area contributed by atoms with Gasteiger partial charge in [-0.15, -0.1) is 0 Å². The first-order valence-corrected chi connectivity index (χ1v) is 5.79. The van der Waals surface area contributed by atoms with Crippen LogP contribution in [0.3, 0.4) is 0 Å². The van der Waals surface area contributed by atoms with Gasteiger partial charge in [-0.3, -0.25) is 0 Å². The summed E-state index contributed by atoms with van der Waals surface area (Å²) in [4.78, 5) is 11.0. The molecule has 0 unspecified atom stereocenters. The lowest BCUT2D eigenvalue weighted by Gasteiger charge is -2.16. The van der Waals surface area contributed by atoms with Gasteiger partial charge in [0.1, 0.15) is 0 Å². The molecule has 0 atom stereocenters. The Morgan fingerprint density at radius 2 is 2.00 bits per heavy atom. The Morgan fingerprint density at radius 3 is 2.44 bits per heavy atom. The molecule has 0 spiro atoms. The summed E-state index contributed by atoms with van der Waals surface area (Å²) >= 11 is 0. The number of nitrogens with zero attached hydrogens (tertiary/aromatic N) is 3. The van der Waals surface area contributed by atoms with E-state index >= 15 is 0 Å². The number of methoxy groups -OCH3 is 1. The summed E-state index contributed by atoms with van der Waals surface area (Å²) in [7, 11) is 5.59. The van der Waals surface area contributed by atoms with E-state index in [1.807, 2.05) is 19.0 Å². The minimum Gasteiger partial charge on any atom is -0.481 e. The molecular weight excluding hydrogens is 202 g/mol. The molecule has 4 heteroatoms. The number of ether oxygens (including phenoxy) is 1. The fourth-order valence-electron chi connectivity index (χ4n) is 1.86. The van der Waals surface area contributed by atoms with Crippen molar-refractivity contribution >= 4 is 5.95 Å². The number of hydrogen-bond donors (Lipinski definition) is 0. The molecule has 1 aromatic rings. The lowest BCUT2D eigenvalue weighted by atomic mass is 10.1. The molecule has 0 N–H and O–H groups in total. The van der Waals surface area contributed by atoms with Crippen LogP contribution in [0.2, 0.25) is 0 Å². The Balaban J connectivity index is 2.50. The van der Waals surface area contributed by atoms with Crippen molar-refractivity contribution in [2.24, 2.45) is 0 Å². The van der Waals surface area contributed by atoms with E-state index < -0.39 is 0 Å². The maximum Gasteiger partial charge on any atom is 0.228 e. The van der Waals surface area contributed by atoms with E-state index in [0.717, 1.165) is 18.2 Å².